The third-order valence-corrected chi connectivity index (χ3v) is 3.80. The minimum absolute atomic E-state index is 0.763. The summed E-state index contributed by atoms with van der Waals surface area (Å²) in [5, 5.41) is 13.6. The van der Waals surface area contributed by atoms with Gasteiger partial charge in [-0.15, -0.1) is 0 Å². The molecular weight excluding hydrogens is 300 g/mol. The molecule has 0 aliphatic rings. The van der Waals surface area contributed by atoms with Crippen LogP contribution in [0.1, 0.15) is 18.1 Å². The van der Waals surface area contributed by atoms with Crippen molar-refractivity contribution in [1.82, 2.24) is 9.78 Å². The zero-order valence-corrected chi connectivity index (χ0v) is 13.4. The summed E-state index contributed by atoms with van der Waals surface area (Å²) < 4.78 is 1.77. The molecule has 0 aliphatic carbocycles. The Kier molecular flexibility index (Phi) is 4.57. The molecule has 0 unspecified atom stereocenters. The summed E-state index contributed by atoms with van der Waals surface area (Å²) in [6.45, 7) is 2.11. The molecule has 24 heavy (non-hydrogen) atoms. The molecule has 1 aromatic heterocycles. The number of aromatic nitrogens is 2. The maximum absolute atomic E-state index is 10.9. The topological polar surface area (TPSA) is 55.1 Å². The van der Waals surface area contributed by atoms with E-state index in [2.05, 4.69) is 24.2 Å². The van der Waals surface area contributed by atoms with E-state index in [1.54, 1.807) is 10.8 Å². The lowest BCUT2D eigenvalue weighted by molar-refractivity contribution is -0.131. The summed E-state index contributed by atoms with van der Waals surface area (Å²) in [6, 6.07) is 17.9. The van der Waals surface area contributed by atoms with Crippen LogP contribution in [0.5, 0.6) is 0 Å². The maximum Gasteiger partial charge on any atom is 0.328 e. The molecule has 1 N–H and O–H groups in total. The smallest absolute Gasteiger partial charge is 0.328 e. The lowest BCUT2D eigenvalue weighted by Gasteiger charge is -2.02. The van der Waals surface area contributed by atoms with Crippen molar-refractivity contribution >= 4 is 12.0 Å². The van der Waals surface area contributed by atoms with E-state index in [1.807, 2.05) is 48.7 Å². The van der Waals surface area contributed by atoms with E-state index in [0.29, 0.717) is 0 Å². The first-order chi connectivity index (χ1) is 11.7. The average Bonchev–Trinajstić information content (AvgIpc) is 3.05. The SMILES string of the molecule is CCc1ccc(-c2nn(-c3ccccc3)cc2/C=C/C(=O)O)cc1. The lowest BCUT2D eigenvalue weighted by Crippen LogP contribution is -1.94. The highest BCUT2D eigenvalue weighted by atomic mass is 16.4. The van der Waals surface area contributed by atoms with Crippen LogP contribution in [0.3, 0.4) is 0 Å². The van der Waals surface area contributed by atoms with Crippen molar-refractivity contribution in [1.29, 1.82) is 0 Å². The van der Waals surface area contributed by atoms with E-state index in [9.17, 15) is 4.79 Å². The van der Waals surface area contributed by atoms with Crippen LogP contribution in [-0.4, -0.2) is 20.9 Å². The van der Waals surface area contributed by atoms with E-state index in [1.165, 1.54) is 5.56 Å². The highest BCUT2D eigenvalue weighted by Gasteiger charge is 2.10. The number of para-hydroxylation sites is 1. The number of carboxylic acids is 1. The number of rotatable bonds is 5. The van der Waals surface area contributed by atoms with E-state index in [0.717, 1.165) is 35.0 Å². The van der Waals surface area contributed by atoms with Gasteiger partial charge in [0.2, 0.25) is 0 Å². The molecule has 0 aliphatic heterocycles. The van der Waals surface area contributed by atoms with Gasteiger partial charge in [0, 0.05) is 23.4 Å². The third-order valence-electron chi connectivity index (χ3n) is 3.80. The van der Waals surface area contributed by atoms with Gasteiger partial charge in [-0.1, -0.05) is 49.4 Å². The van der Waals surface area contributed by atoms with Crippen molar-refractivity contribution in [2.75, 3.05) is 0 Å². The molecule has 0 radical (unpaired) electrons. The van der Waals surface area contributed by atoms with Gasteiger partial charge in [-0.25, -0.2) is 9.48 Å². The van der Waals surface area contributed by atoms with Gasteiger partial charge >= 0.3 is 5.97 Å². The number of hydrogen-bond donors (Lipinski definition) is 1. The van der Waals surface area contributed by atoms with Crippen LogP contribution >= 0.6 is 0 Å². The Morgan fingerprint density at radius 3 is 2.46 bits per heavy atom. The number of carbonyl (C=O) groups is 1. The average molecular weight is 318 g/mol. The predicted octanol–water partition coefficient (Wildman–Crippen LogP) is 4.20. The van der Waals surface area contributed by atoms with E-state index in [-0.39, 0.29) is 0 Å². The van der Waals surface area contributed by atoms with Crippen molar-refractivity contribution in [2.45, 2.75) is 13.3 Å². The fourth-order valence-corrected chi connectivity index (χ4v) is 2.51. The fourth-order valence-electron chi connectivity index (χ4n) is 2.51. The standard InChI is InChI=1S/C20H18N2O2/c1-2-15-8-10-16(11-9-15)20-17(12-13-19(23)24)14-22(21-20)18-6-4-3-5-7-18/h3-14H,2H2,1H3,(H,23,24)/b13-12+. The summed E-state index contributed by atoms with van der Waals surface area (Å²) in [5.41, 5.74) is 4.68. The normalized spacial score (nSPS) is 11.0. The van der Waals surface area contributed by atoms with Crippen LogP contribution in [0, 0.1) is 0 Å². The molecule has 4 nitrogen and oxygen atoms in total. The molecule has 1 heterocycles. The zero-order chi connectivity index (χ0) is 16.9. The van der Waals surface area contributed by atoms with E-state index >= 15 is 0 Å². The number of carboxylic acid groups (broad SMARTS) is 1. The summed E-state index contributed by atoms with van der Waals surface area (Å²) in [7, 11) is 0. The van der Waals surface area contributed by atoms with Gasteiger partial charge < -0.3 is 5.11 Å². The quantitative estimate of drug-likeness (QED) is 0.717. The molecule has 0 saturated carbocycles. The van der Waals surface area contributed by atoms with Crippen molar-refractivity contribution in [3.05, 3.63) is 78.0 Å². The molecule has 120 valence electrons. The van der Waals surface area contributed by atoms with Crippen molar-refractivity contribution in [2.24, 2.45) is 0 Å². The first kappa shape index (κ1) is 15.7. The van der Waals surface area contributed by atoms with Gasteiger partial charge in [0.25, 0.3) is 0 Å². The van der Waals surface area contributed by atoms with Gasteiger partial charge in [-0.2, -0.15) is 5.10 Å². The third kappa shape index (κ3) is 3.43. The summed E-state index contributed by atoms with van der Waals surface area (Å²) in [6.07, 6.45) is 5.54. The Hall–Kier alpha value is -3.14. The summed E-state index contributed by atoms with van der Waals surface area (Å²) >= 11 is 0. The number of benzene rings is 2. The van der Waals surface area contributed by atoms with Crippen LogP contribution < -0.4 is 0 Å². The summed E-state index contributed by atoms with van der Waals surface area (Å²) in [5.74, 6) is -0.977. The van der Waals surface area contributed by atoms with Crippen LogP contribution in [0.15, 0.2) is 66.9 Å². The highest BCUT2D eigenvalue weighted by Crippen LogP contribution is 2.25. The Bertz CT molecular complexity index is 862. The van der Waals surface area contributed by atoms with E-state index in [4.69, 9.17) is 5.11 Å². The van der Waals surface area contributed by atoms with Crippen molar-refractivity contribution < 1.29 is 9.90 Å². The second kappa shape index (κ2) is 6.96. The predicted molar refractivity (Wildman–Crippen MR) is 95.0 cm³/mol. The molecule has 4 heteroatoms. The van der Waals surface area contributed by atoms with Crippen LogP contribution in [0.25, 0.3) is 23.0 Å². The molecule has 3 rings (SSSR count). The van der Waals surface area contributed by atoms with Gasteiger partial charge in [-0.05, 0) is 30.2 Å². The molecular formula is C20H18N2O2. The Labute approximate surface area is 140 Å². The van der Waals surface area contributed by atoms with E-state index < -0.39 is 5.97 Å². The van der Waals surface area contributed by atoms with Crippen molar-refractivity contribution in [3.8, 4) is 16.9 Å². The molecule has 0 amide bonds. The number of aliphatic carboxylic acids is 1. The van der Waals surface area contributed by atoms with Gasteiger partial charge in [-0.3, -0.25) is 0 Å². The number of hydrogen-bond acceptors (Lipinski definition) is 2. The Morgan fingerprint density at radius 2 is 1.83 bits per heavy atom. The first-order valence-electron chi connectivity index (χ1n) is 7.83. The van der Waals surface area contributed by atoms with Crippen LogP contribution in [0.2, 0.25) is 0 Å². The minimum atomic E-state index is -0.977. The van der Waals surface area contributed by atoms with Gasteiger partial charge in [0.05, 0.1) is 11.4 Å². The molecule has 0 atom stereocenters. The highest BCUT2D eigenvalue weighted by molar-refractivity contribution is 5.87. The van der Waals surface area contributed by atoms with Crippen LogP contribution in [0.4, 0.5) is 0 Å². The molecule has 2 aromatic carbocycles. The molecule has 0 saturated heterocycles. The molecule has 0 fully saturated rings. The largest absolute Gasteiger partial charge is 0.478 e. The Balaban J connectivity index is 2.08. The second-order valence-electron chi connectivity index (χ2n) is 5.44. The summed E-state index contributed by atoms with van der Waals surface area (Å²) in [4.78, 5) is 10.9. The maximum atomic E-state index is 10.9. The fraction of sp³-hybridized carbons (Fsp3) is 0.100. The van der Waals surface area contributed by atoms with Gasteiger partial charge in [0.15, 0.2) is 0 Å². The second-order valence-corrected chi connectivity index (χ2v) is 5.44. The molecule has 3 aromatic rings. The Morgan fingerprint density at radius 1 is 1.12 bits per heavy atom. The number of nitrogens with zero attached hydrogens (tertiary/aromatic N) is 2. The molecule has 0 bridgehead atoms. The van der Waals surface area contributed by atoms with Crippen molar-refractivity contribution in [3.63, 3.8) is 0 Å². The zero-order valence-electron chi connectivity index (χ0n) is 13.4. The monoisotopic (exact) mass is 318 g/mol. The first-order valence-corrected chi connectivity index (χ1v) is 7.83. The number of aryl methyl sites for hydroxylation is 1. The molecule has 0 spiro atoms. The lowest BCUT2D eigenvalue weighted by atomic mass is 10.0. The van der Waals surface area contributed by atoms with Crippen LogP contribution in [-0.2, 0) is 11.2 Å². The van der Waals surface area contributed by atoms with Gasteiger partial charge in [0.1, 0.15) is 0 Å². The minimum Gasteiger partial charge on any atom is -0.478 e.